The van der Waals surface area contributed by atoms with Gasteiger partial charge in [-0.25, -0.2) is 4.99 Å². The van der Waals surface area contributed by atoms with Gasteiger partial charge in [0, 0.05) is 16.1 Å². The molecule has 0 aliphatic carbocycles. The predicted molar refractivity (Wildman–Crippen MR) is 140 cm³/mol. The number of carbonyl (C=O) groups excluding carboxylic acids is 1. The van der Waals surface area contributed by atoms with Crippen LogP contribution in [-0.2, 0) is 4.79 Å². The molecule has 0 saturated carbocycles. The number of furan rings is 1. The highest BCUT2D eigenvalue weighted by Crippen LogP contribution is 2.38. The standard InChI is InChI=1S/C26H16BrClN2O2S/c27-21-15-17(11-13-22(21)28)23-14-12-20(32-23)16-24-25(31)30(19-9-5-2-6-10-19)26(33-24)29-18-7-3-1-4-8-18/h1-16H/b24-16+,29-26?. The topological polar surface area (TPSA) is 45.8 Å². The van der Waals surface area contributed by atoms with E-state index < -0.39 is 0 Å². The Labute approximate surface area is 208 Å². The van der Waals surface area contributed by atoms with Crippen molar-refractivity contribution in [1.29, 1.82) is 0 Å². The van der Waals surface area contributed by atoms with E-state index in [2.05, 4.69) is 15.9 Å². The summed E-state index contributed by atoms with van der Waals surface area (Å²) in [4.78, 5) is 20.3. The van der Waals surface area contributed by atoms with Crippen molar-refractivity contribution >= 4 is 67.8 Å². The zero-order valence-corrected chi connectivity index (χ0v) is 20.3. The number of carbonyl (C=O) groups is 1. The molecule has 0 atom stereocenters. The van der Waals surface area contributed by atoms with E-state index in [-0.39, 0.29) is 5.91 Å². The van der Waals surface area contributed by atoms with Crippen LogP contribution in [0.4, 0.5) is 11.4 Å². The molecule has 0 unspecified atom stereocenters. The highest BCUT2D eigenvalue weighted by Gasteiger charge is 2.35. The summed E-state index contributed by atoms with van der Waals surface area (Å²) in [5.41, 5.74) is 2.43. The van der Waals surface area contributed by atoms with Gasteiger partial charge in [0.15, 0.2) is 5.17 Å². The van der Waals surface area contributed by atoms with Gasteiger partial charge in [0.05, 0.1) is 21.3 Å². The summed E-state index contributed by atoms with van der Waals surface area (Å²) in [7, 11) is 0. The number of hydrogen-bond acceptors (Lipinski definition) is 4. The van der Waals surface area contributed by atoms with Crippen LogP contribution in [0.25, 0.3) is 17.4 Å². The van der Waals surface area contributed by atoms with Crippen molar-refractivity contribution in [2.75, 3.05) is 4.90 Å². The monoisotopic (exact) mass is 534 g/mol. The van der Waals surface area contributed by atoms with Gasteiger partial charge >= 0.3 is 0 Å². The molecule has 2 heterocycles. The molecule has 0 radical (unpaired) electrons. The zero-order valence-electron chi connectivity index (χ0n) is 17.1. The lowest BCUT2D eigenvalue weighted by atomic mass is 10.2. The molecule has 33 heavy (non-hydrogen) atoms. The molecule has 7 heteroatoms. The fourth-order valence-electron chi connectivity index (χ4n) is 3.33. The maximum absolute atomic E-state index is 13.4. The first-order valence-corrected chi connectivity index (χ1v) is 12.1. The van der Waals surface area contributed by atoms with E-state index in [4.69, 9.17) is 21.0 Å². The minimum Gasteiger partial charge on any atom is -0.457 e. The normalized spacial score (nSPS) is 16.2. The van der Waals surface area contributed by atoms with Gasteiger partial charge < -0.3 is 4.42 Å². The number of para-hydroxylation sites is 2. The number of amidine groups is 1. The molecule has 0 N–H and O–H groups in total. The SMILES string of the molecule is O=C1/C(=C\c2ccc(-c3ccc(Cl)c(Br)c3)o2)SC(=Nc2ccccc2)N1c1ccccc1. The number of aliphatic imine (C=N–C) groups is 1. The Morgan fingerprint density at radius 3 is 2.39 bits per heavy atom. The Morgan fingerprint density at radius 2 is 1.67 bits per heavy atom. The number of amides is 1. The van der Waals surface area contributed by atoms with Crippen LogP contribution >= 0.6 is 39.3 Å². The fourth-order valence-corrected chi connectivity index (χ4v) is 4.81. The summed E-state index contributed by atoms with van der Waals surface area (Å²) < 4.78 is 6.80. The van der Waals surface area contributed by atoms with Gasteiger partial charge in [-0.05, 0) is 82.3 Å². The first kappa shape index (κ1) is 21.8. The number of hydrogen-bond donors (Lipinski definition) is 0. The Kier molecular flexibility index (Phi) is 6.22. The Hall–Kier alpha value is -3.06. The van der Waals surface area contributed by atoms with E-state index in [1.807, 2.05) is 91.0 Å². The maximum atomic E-state index is 13.4. The van der Waals surface area contributed by atoms with Gasteiger partial charge in [-0.2, -0.15) is 0 Å². The largest absolute Gasteiger partial charge is 0.457 e. The maximum Gasteiger partial charge on any atom is 0.271 e. The molecule has 3 aromatic carbocycles. The lowest BCUT2D eigenvalue weighted by Crippen LogP contribution is -2.28. The van der Waals surface area contributed by atoms with E-state index in [9.17, 15) is 4.79 Å². The molecule has 1 saturated heterocycles. The zero-order chi connectivity index (χ0) is 22.8. The van der Waals surface area contributed by atoms with E-state index in [0.29, 0.717) is 26.6 Å². The summed E-state index contributed by atoms with van der Waals surface area (Å²) in [5.74, 6) is 1.13. The van der Waals surface area contributed by atoms with Crippen LogP contribution in [0.3, 0.4) is 0 Å². The van der Waals surface area contributed by atoms with Crippen LogP contribution in [0.15, 0.2) is 110 Å². The second-order valence-corrected chi connectivity index (χ2v) is 9.42. The van der Waals surface area contributed by atoms with Crippen molar-refractivity contribution in [2.45, 2.75) is 0 Å². The number of halogens is 2. The number of benzene rings is 3. The summed E-state index contributed by atoms with van der Waals surface area (Å²) in [6, 6.07) is 28.4. The summed E-state index contributed by atoms with van der Waals surface area (Å²) in [6.45, 7) is 0. The molecular weight excluding hydrogens is 520 g/mol. The molecule has 1 amide bonds. The van der Waals surface area contributed by atoms with Gasteiger partial charge in [0.2, 0.25) is 0 Å². The van der Waals surface area contributed by atoms with Gasteiger partial charge in [-0.1, -0.05) is 48.0 Å². The third-order valence-electron chi connectivity index (χ3n) is 4.91. The third kappa shape index (κ3) is 4.69. The van der Waals surface area contributed by atoms with Crippen molar-refractivity contribution in [3.05, 3.63) is 111 Å². The number of anilines is 1. The average molecular weight is 536 g/mol. The smallest absolute Gasteiger partial charge is 0.271 e. The quantitative estimate of drug-likeness (QED) is 0.248. The van der Waals surface area contributed by atoms with Crippen LogP contribution < -0.4 is 4.90 Å². The number of nitrogens with zero attached hydrogens (tertiary/aromatic N) is 2. The van der Waals surface area contributed by atoms with Crippen molar-refractivity contribution < 1.29 is 9.21 Å². The van der Waals surface area contributed by atoms with E-state index >= 15 is 0 Å². The van der Waals surface area contributed by atoms with Crippen LogP contribution in [0.1, 0.15) is 5.76 Å². The minimum atomic E-state index is -0.145. The molecule has 1 aromatic heterocycles. The lowest BCUT2D eigenvalue weighted by Gasteiger charge is -2.15. The summed E-state index contributed by atoms with van der Waals surface area (Å²) in [6.07, 6.45) is 1.75. The van der Waals surface area contributed by atoms with Crippen molar-refractivity contribution in [3.8, 4) is 11.3 Å². The summed E-state index contributed by atoms with van der Waals surface area (Å²) >= 11 is 10.9. The average Bonchev–Trinajstić information content (AvgIpc) is 3.42. The molecular formula is C26H16BrClN2O2S. The Morgan fingerprint density at radius 1 is 0.939 bits per heavy atom. The molecule has 5 rings (SSSR count). The third-order valence-corrected chi connectivity index (χ3v) is 7.09. The molecule has 1 aliphatic rings. The molecule has 4 nitrogen and oxygen atoms in total. The van der Waals surface area contributed by atoms with E-state index in [1.165, 1.54) is 11.8 Å². The van der Waals surface area contributed by atoms with Crippen LogP contribution in [0.2, 0.25) is 5.02 Å². The minimum absolute atomic E-state index is 0.145. The van der Waals surface area contributed by atoms with Gasteiger partial charge in [0.1, 0.15) is 11.5 Å². The second-order valence-electron chi connectivity index (χ2n) is 7.15. The number of rotatable bonds is 4. The molecule has 1 aliphatic heterocycles. The van der Waals surface area contributed by atoms with Gasteiger partial charge in [-0.15, -0.1) is 0 Å². The predicted octanol–water partition coefficient (Wildman–Crippen LogP) is 8.17. The lowest BCUT2D eigenvalue weighted by molar-refractivity contribution is -0.113. The van der Waals surface area contributed by atoms with E-state index in [1.54, 1.807) is 11.0 Å². The molecule has 4 aromatic rings. The number of thioether (sulfide) groups is 1. The molecule has 0 spiro atoms. The fraction of sp³-hybridized carbons (Fsp3) is 0. The Bertz CT molecular complexity index is 1380. The summed E-state index contributed by atoms with van der Waals surface area (Å²) in [5, 5.41) is 1.23. The van der Waals surface area contributed by atoms with Crippen LogP contribution in [0.5, 0.6) is 0 Å². The van der Waals surface area contributed by atoms with Crippen LogP contribution in [-0.4, -0.2) is 11.1 Å². The molecule has 162 valence electrons. The Balaban J connectivity index is 1.50. The molecule has 0 bridgehead atoms. The second kappa shape index (κ2) is 9.43. The van der Waals surface area contributed by atoms with Gasteiger partial charge in [0.25, 0.3) is 5.91 Å². The first-order chi connectivity index (χ1) is 16.1. The first-order valence-electron chi connectivity index (χ1n) is 10.1. The van der Waals surface area contributed by atoms with Crippen molar-refractivity contribution in [1.82, 2.24) is 0 Å². The highest BCUT2D eigenvalue weighted by molar-refractivity contribution is 9.10. The highest BCUT2D eigenvalue weighted by atomic mass is 79.9. The van der Waals surface area contributed by atoms with Crippen LogP contribution in [0, 0.1) is 0 Å². The molecule has 1 fully saturated rings. The van der Waals surface area contributed by atoms with Crippen molar-refractivity contribution in [2.24, 2.45) is 4.99 Å². The van der Waals surface area contributed by atoms with Gasteiger partial charge in [-0.3, -0.25) is 9.69 Å². The van der Waals surface area contributed by atoms with E-state index in [0.717, 1.165) is 21.4 Å². The van der Waals surface area contributed by atoms with Crippen molar-refractivity contribution in [3.63, 3.8) is 0 Å².